The van der Waals surface area contributed by atoms with Gasteiger partial charge in [0.2, 0.25) is 5.13 Å². The minimum absolute atomic E-state index is 0.107. The third-order valence-electron chi connectivity index (χ3n) is 3.29. The number of primary amides is 1. The van der Waals surface area contributed by atoms with Crippen molar-refractivity contribution in [1.82, 2.24) is 9.36 Å². The van der Waals surface area contributed by atoms with E-state index in [1.54, 1.807) is 0 Å². The minimum Gasteiger partial charge on any atom is -0.378 e. The number of rotatable bonds is 2. The maximum atomic E-state index is 11.3. The molecule has 1 saturated heterocycles. The van der Waals surface area contributed by atoms with E-state index in [-0.39, 0.29) is 12.0 Å². The normalized spacial score (nSPS) is 24.5. The first-order valence-corrected chi connectivity index (χ1v) is 7.11. The Morgan fingerprint density at radius 2 is 2.21 bits per heavy atom. The Labute approximate surface area is 116 Å². The molecule has 1 aromatic rings. The van der Waals surface area contributed by atoms with Gasteiger partial charge >= 0.3 is 0 Å². The van der Waals surface area contributed by atoms with Gasteiger partial charge in [0.1, 0.15) is 5.82 Å². The molecular weight excluding hydrogens is 264 g/mol. The van der Waals surface area contributed by atoms with E-state index >= 15 is 0 Å². The monoisotopic (exact) mass is 284 g/mol. The van der Waals surface area contributed by atoms with Crippen molar-refractivity contribution in [2.24, 2.45) is 5.73 Å². The third-order valence-corrected chi connectivity index (χ3v) is 4.06. The number of hydrogen-bond acceptors (Lipinski definition) is 6. The van der Waals surface area contributed by atoms with E-state index in [9.17, 15) is 9.90 Å². The van der Waals surface area contributed by atoms with Crippen molar-refractivity contribution in [3.63, 3.8) is 0 Å². The molecule has 0 aromatic carbocycles. The number of aliphatic hydroxyl groups is 1. The minimum atomic E-state index is -1.45. The molecule has 7 heteroatoms. The van der Waals surface area contributed by atoms with E-state index in [1.165, 1.54) is 11.5 Å². The molecule has 1 amide bonds. The Morgan fingerprint density at radius 3 is 2.74 bits per heavy atom. The van der Waals surface area contributed by atoms with Crippen molar-refractivity contribution < 1.29 is 9.90 Å². The highest BCUT2D eigenvalue weighted by molar-refractivity contribution is 7.09. The summed E-state index contributed by atoms with van der Waals surface area (Å²) in [5.41, 5.74) is 3.71. The third kappa shape index (κ3) is 2.87. The van der Waals surface area contributed by atoms with Crippen molar-refractivity contribution in [2.45, 2.75) is 44.6 Å². The predicted molar refractivity (Wildman–Crippen MR) is 74.2 cm³/mol. The summed E-state index contributed by atoms with van der Waals surface area (Å²) in [5, 5.41) is 10.9. The van der Waals surface area contributed by atoms with E-state index in [1.807, 2.05) is 4.90 Å². The van der Waals surface area contributed by atoms with Gasteiger partial charge < -0.3 is 15.7 Å². The topological polar surface area (TPSA) is 92.3 Å². The van der Waals surface area contributed by atoms with Crippen LogP contribution in [0.4, 0.5) is 5.13 Å². The number of carbonyl (C=O) groups excluding carboxylic acids is 1. The molecule has 19 heavy (non-hydrogen) atoms. The number of nitrogens with zero attached hydrogens (tertiary/aromatic N) is 3. The summed E-state index contributed by atoms with van der Waals surface area (Å²) in [6.45, 7) is 7.10. The van der Waals surface area contributed by atoms with Gasteiger partial charge in [0, 0.05) is 23.5 Å². The highest BCUT2D eigenvalue weighted by Crippen LogP contribution is 2.29. The second-order valence-electron chi connectivity index (χ2n) is 6.07. The van der Waals surface area contributed by atoms with Crippen LogP contribution < -0.4 is 10.6 Å². The Kier molecular flexibility index (Phi) is 3.53. The SMILES string of the molecule is CC(C)(C)c1nsc(N2CCCC(O)(C(N)=O)C2)n1. The summed E-state index contributed by atoms with van der Waals surface area (Å²) in [7, 11) is 0. The first-order chi connectivity index (χ1) is 8.72. The zero-order chi connectivity index (χ0) is 14.3. The van der Waals surface area contributed by atoms with Crippen LogP contribution in [-0.4, -0.2) is 39.1 Å². The quantitative estimate of drug-likeness (QED) is 0.832. The number of hydrogen-bond donors (Lipinski definition) is 2. The number of carbonyl (C=O) groups is 1. The average molecular weight is 284 g/mol. The molecule has 0 spiro atoms. The van der Waals surface area contributed by atoms with Crippen LogP contribution in [-0.2, 0) is 10.2 Å². The second-order valence-corrected chi connectivity index (χ2v) is 6.80. The van der Waals surface area contributed by atoms with Gasteiger partial charge in [-0.05, 0) is 12.8 Å². The fraction of sp³-hybridized carbons (Fsp3) is 0.750. The zero-order valence-corrected chi connectivity index (χ0v) is 12.3. The maximum absolute atomic E-state index is 11.3. The predicted octanol–water partition coefficient (Wildman–Crippen LogP) is 0.652. The van der Waals surface area contributed by atoms with Gasteiger partial charge in [-0.1, -0.05) is 20.8 Å². The molecule has 0 aliphatic carbocycles. The van der Waals surface area contributed by atoms with Crippen LogP contribution in [0.15, 0.2) is 0 Å². The van der Waals surface area contributed by atoms with Gasteiger partial charge in [0.25, 0.3) is 5.91 Å². The van der Waals surface area contributed by atoms with Gasteiger partial charge in [-0.15, -0.1) is 0 Å². The molecule has 1 unspecified atom stereocenters. The van der Waals surface area contributed by atoms with Crippen molar-refractivity contribution in [1.29, 1.82) is 0 Å². The van der Waals surface area contributed by atoms with Gasteiger partial charge in [-0.3, -0.25) is 4.79 Å². The highest BCUT2D eigenvalue weighted by atomic mass is 32.1. The van der Waals surface area contributed by atoms with Crippen LogP contribution in [0.25, 0.3) is 0 Å². The average Bonchev–Trinajstić information content (AvgIpc) is 2.77. The van der Waals surface area contributed by atoms with E-state index in [0.717, 1.165) is 17.5 Å². The van der Waals surface area contributed by atoms with Crippen LogP contribution in [0, 0.1) is 0 Å². The molecule has 1 atom stereocenters. The Morgan fingerprint density at radius 1 is 1.53 bits per heavy atom. The van der Waals surface area contributed by atoms with E-state index in [4.69, 9.17) is 5.73 Å². The lowest BCUT2D eigenvalue weighted by Crippen LogP contribution is -2.56. The van der Waals surface area contributed by atoms with E-state index in [0.29, 0.717) is 12.8 Å². The molecule has 6 nitrogen and oxygen atoms in total. The van der Waals surface area contributed by atoms with E-state index in [2.05, 4.69) is 30.1 Å². The Hall–Kier alpha value is -1.21. The summed E-state index contributed by atoms with van der Waals surface area (Å²) in [6, 6.07) is 0. The number of aromatic nitrogens is 2. The van der Waals surface area contributed by atoms with Gasteiger partial charge in [0.05, 0.1) is 6.54 Å². The van der Waals surface area contributed by atoms with Crippen molar-refractivity contribution in [3.8, 4) is 0 Å². The Balaban J connectivity index is 2.18. The van der Waals surface area contributed by atoms with Gasteiger partial charge in [-0.25, -0.2) is 4.98 Å². The summed E-state index contributed by atoms with van der Waals surface area (Å²) >= 11 is 1.30. The maximum Gasteiger partial charge on any atom is 0.251 e. The second kappa shape index (κ2) is 4.72. The fourth-order valence-corrected chi connectivity index (χ4v) is 2.93. The van der Waals surface area contributed by atoms with Crippen LogP contribution >= 0.6 is 11.5 Å². The number of nitrogens with two attached hydrogens (primary N) is 1. The lowest BCUT2D eigenvalue weighted by molar-refractivity contribution is -0.137. The summed E-state index contributed by atoms with van der Waals surface area (Å²) in [5.74, 6) is 0.110. The zero-order valence-electron chi connectivity index (χ0n) is 11.5. The first kappa shape index (κ1) is 14.2. The molecule has 1 aliphatic heterocycles. The summed E-state index contributed by atoms with van der Waals surface area (Å²) < 4.78 is 4.35. The molecule has 2 heterocycles. The molecule has 1 fully saturated rings. The van der Waals surface area contributed by atoms with Crippen LogP contribution in [0.1, 0.15) is 39.4 Å². The van der Waals surface area contributed by atoms with Crippen molar-refractivity contribution in [3.05, 3.63) is 5.82 Å². The summed E-state index contributed by atoms with van der Waals surface area (Å²) in [6.07, 6.45) is 1.12. The molecule has 3 N–H and O–H groups in total. The fourth-order valence-electron chi connectivity index (χ4n) is 2.05. The molecule has 0 bridgehead atoms. The molecule has 0 radical (unpaired) electrons. The summed E-state index contributed by atoms with van der Waals surface area (Å²) in [4.78, 5) is 17.7. The number of β-amino-alcohol motifs (C(OH)–C–C–N with tert-alkyl or cyclic N) is 1. The molecule has 1 aliphatic rings. The molecule has 0 saturated carbocycles. The molecule has 106 valence electrons. The molecule has 2 rings (SSSR count). The van der Waals surface area contributed by atoms with Crippen LogP contribution in [0.2, 0.25) is 0 Å². The first-order valence-electron chi connectivity index (χ1n) is 6.34. The smallest absolute Gasteiger partial charge is 0.251 e. The number of amides is 1. The molecular formula is C12H20N4O2S. The number of anilines is 1. The lowest BCUT2D eigenvalue weighted by atomic mass is 9.92. The largest absolute Gasteiger partial charge is 0.378 e. The number of piperidine rings is 1. The highest BCUT2D eigenvalue weighted by Gasteiger charge is 2.39. The van der Waals surface area contributed by atoms with Crippen LogP contribution in [0.3, 0.4) is 0 Å². The van der Waals surface area contributed by atoms with E-state index < -0.39 is 11.5 Å². The van der Waals surface area contributed by atoms with Crippen molar-refractivity contribution in [2.75, 3.05) is 18.0 Å². The van der Waals surface area contributed by atoms with Gasteiger partial charge in [0.15, 0.2) is 5.60 Å². The van der Waals surface area contributed by atoms with Crippen molar-refractivity contribution >= 4 is 22.6 Å². The standard InChI is InChI=1S/C12H20N4O2S/c1-11(2,3)9-14-10(19-15-9)16-6-4-5-12(18,7-16)8(13)17/h18H,4-7H2,1-3H3,(H2,13,17). The van der Waals surface area contributed by atoms with Gasteiger partial charge in [-0.2, -0.15) is 4.37 Å². The Bertz CT molecular complexity index is 482. The molecule has 1 aromatic heterocycles. The lowest BCUT2D eigenvalue weighted by Gasteiger charge is -2.36. The van der Waals surface area contributed by atoms with Crippen LogP contribution in [0.5, 0.6) is 0 Å².